The van der Waals surface area contributed by atoms with Crippen molar-refractivity contribution in [1.29, 1.82) is 0 Å². The van der Waals surface area contributed by atoms with Gasteiger partial charge in [0.2, 0.25) is 0 Å². The average molecular weight is 501 g/mol. The minimum absolute atomic E-state index is 0.345. The van der Waals surface area contributed by atoms with E-state index < -0.39 is 11.7 Å². The van der Waals surface area contributed by atoms with Gasteiger partial charge in [-0.3, -0.25) is 5.01 Å². The van der Waals surface area contributed by atoms with Gasteiger partial charge in [0.15, 0.2) is 5.84 Å². The third kappa shape index (κ3) is 4.54. The highest BCUT2D eigenvalue weighted by atomic mass is 35.5. The number of benzene rings is 3. The lowest BCUT2D eigenvalue weighted by atomic mass is 9.93. The molecule has 0 unspecified atom stereocenters. The number of hydrogen-bond acceptors (Lipinski definition) is 4. The number of amidine groups is 1. The fourth-order valence-corrected chi connectivity index (χ4v) is 4.12. The van der Waals surface area contributed by atoms with Gasteiger partial charge >= 0.3 is 6.18 Å². The minimum Gasteiger partial charge on any atom is -0.269 e. The first-order valence-electron chi connectivity index (χ1n) is 10.4. The van der Waals surface area contributed by atoms with Crippen LogP contribution in [0.25, 0.3) is 11.1 Å². The van der Waals surface area contributed by atoms with Crippen LogP contribution in [0.15, 0.2) is 83.0 Å². The van der Waals surface area contributed by atoms with Gasteiger partial charge in [-0.2, -0.15) is 23.4 Å². The van der Waals surface area contributed by atoms with Gasteiger partial charge in [-0.25, -0.2) is 5.01 Å². The normalized spacial score (nSPS) is 15.6. The molecular weight excluding hydrogens is 484 g/mol. The Bertz CT molecular complexity index is 1300. The number of alkyl halides is 3. The summed E-state index contributed by atoms with van der Waals surface area (Å²) in [5, 5.41) is 14.1. The van der Waals surface area contributed by atoms with Gasteiger partial charge in [0.25, 0.3) is 0 Å². The average Bonchev–Trinajstić information content (AvgIpc) is 3.22. The molecule has 34 heavy (non-hydrogen) atoms. The summed E-state index contributed by atoms with van der Waals surface area (Å²) in [4.78, 5) is 0. The molecule has 0 N–H and O–H groups in total. The number of allylic oxidation sites excluding steroid dienone is 1. The van der Waals surface area contributed by atoms with Crippen molar-refractivity contribution in [2.24, 2.45) is 10.2 Å². The van der Waals surface area contributed by atoms with Crippen LogP contribution in [0.3, 0.4) is 0 Å². The lowest BCUT2D eigenvalue weighted by molar-refractivity contribution is -0.137. The van der Waals surface area contributed by atoms with Crippen LogP contribution in [-0.4, -0.2) is 28.7 Å². The summed E-state index contributed by atoms with van der Waals surface area (Å²) in [6.07, 6.45) is -2.58. The Morgan fingerprint density at radius 2 is 1.38 bits per heavy atom. The van der Waals surface area contributed by atoms with E-state index in [1.54, 1.807) is 16.2 Å². The smallest absolute Gasteiger partial charge is 0.269 e. The number of hydrazone groups is 2. The fourth-order valence-electron chi connectivity index (χ4n) is 3.87. The molecule has 172 valence electrons. The SMILES string of the molecule is FC(F)(F)c1ccc(CN2CN3N=CC(c4ccc(Cl)cc4)=C(c4ccc(Cl)cc4)C3=N2)cc1. The molecule has 0 aliphatic carbocycles. The van der Waals surface area contributed by atoms with Crippen LogP contribution in [0.5, 0.6) is 0 Å². The summed E-state index contributed by atoms with van der Waals surface area (Å²) in [6.45, 7) is 0.718. The van der Waals surface area contributed by atoms with E-state index in [-0.39, 0.29) is 0 Å². The second-order valence-corrected chi connectivity index (χ2v) is 8.74. The molecule has 9 heteroatoms. The molecular formula is C25H17Cl2F3N4. The molecule has 3 aromatic carbocycles. The maximum atomic E-state index is 12.9. The van der Waals surface area contributed by atoms with Crippen LogP contribution in [0.2, 0.25) is 10.0 Å². The van der Waals surface area contributed by atoms with Gasteiger partial charge in [0.1, 0.15) is 6.67 Å². The van der Waals surface area contributed by atoms with E-state index in [4.69, 9.17) is 28.3 Å². The van der Waals surface area contributed by atoms with Crippen LogP contribution < -0.4 is 0 Å². The molecule has 0 atom stereocenters. The third-order valence-corrected chi connectivity index (χ3v) is 6.04. The number of fused-ring (bicyclic) bond motifs is 1. The van der Waals surface area contributed by atoms with E-state index in [0.717, 1.165) is 40.0 Å². The molecule has 0 fully saturated rings. The summed E-state index contributed by atoms with van der Waals surface area (Å²) in [5.41, 5.74) is 3.65. The first-order valence-corrected chi connectivity index (χ1v) is 11.1. The van der Waals surface area contributed by atoms with Crippen molar-refractivity contribution in [3.63, 3.8) is 0 Å². The van der Waals surface area contributed by atoms with Crippen molar-refractivity contribution in [3.8, 4) is 0 Å². The van der Waals surface area contributed by atoms with Crippen molar-refractivity contribution in [2.75, 3.05) is 6.67 Å². The fraction of sp³-hybridized carbons (Fsp3) is 0.120. The molecule has 2 aliphatic heterocycles. The molecule has 5 rings (SSSR count). The molecule has 0 bridgehead atoms. The van der Waals surface area contributed by atoms with Crippen LogP contribution in [0, 0.1) is 0 Å². The van der Waals surface area contributed by atoms with E-state index in [1.807, 2.05) is 48.5 Å². The maximum Gasteiger partial charge on any atom is 0.416 e. The zero-order valence-corrected chi connectivity index (χ0v) is 19.1. The van der Waals surface area contributed by atoms with Gasteiger partial charge in [-0.15, -0.1) is 0 Å². The van der Waals surface area contributed by atoms with Gasteiger partial charge in [0, 0.05) is 21.2 Å². The Hall–Kier alpha value is -3.29. The monoisotopic (exact) mass is 500 g/mol. The van der Waals surface area contributed by atoms with Crippen molar-refractivity contribution >= 4 is 46.4 Å². The number of rotatable bonds is 4. The van der Waals surface area contributed by atoms with Gasteiger partial charge in [0.05, 0.1) is 18.3 Å². The lowest BCUT2D eigenvalue weighted by Gasteiger charge is -2.23. The zero-order chi connectivity index (χ0) is 23.9. The molecule has 0 amide bonds. The third-order valence-electron chi connectivity index (χ3n) is 5.53. The Morgan fingerprint density at radius 3 is 1.97 bits per heavy atom. The molecule has 2 aliphatic rings. The Morgan fingerprint density at radius 1 is 0.794 bits per heavy atom. The summed E-state index contributed by atoms with van der Waals surface area (Å²) in [5.74, 6) is 0.654. The second kappa shape index (κ2) is 8.81. The predicted molar refractivity (Wildman–Crippen MR) is 129 cm³/mol. The van der Waals surface area contributed by atoms with Crippen LogP contribution >= 0.6 is 23.2 Å². The quantitative estimate of drug-likeness (QED) is 0.385. The first kappa shape index (κ1) is 22.5. The van der Waals surface area contributed by atoms with E-state index in [1.165, 1.54) is 12.1 Å². The van der Waals surface area contributed by atoms with E-state index in [9.17, 15) is 13.2 Å². The van der Waals surface area contributed by atoms with Crippen LogP contribution in [-0.2, 0) is 12.7 Å². The van der Waals surface area contributed by atoms with E-state index in [0.29, 0.717) is 29.1 Å². The molecule has 4 nitrogen and oxygen atoms in total. The second-order valence-electron chi connectivity index (χ2n) is 7.87. The highest BCUT2D eigenvalue weighted by molar-refractivity contribution is 6.40. The van der Waals surface area contributed by atoms with E-state index >= 15 is 0 Å². The number of nitrogens with zero attached hydrogens (tertiary/aromatic N) is 4. The van der Waals surface area contributed by atoms with Gasteiger partial charge in [-0.05, 0) is 53.1 Å². The zero-order valence-electron chi connectivity index (χ0n) is 17.6. The molecule has 0 saturated carbocycles. The Kier molecular flexibility index (Phi) is 5.83. The Balaban J connectivity index is 1.51. The van der Waals surface area contributed by atoms with Crippen LogP contribution in [0.4, 0.5) is 13.2 Å². The standard InChI is InChI=1S/C25H17Cl2F3N4/c26-20-9-3-17(4-10-20)22-13-31-34-15-33(14-16-1-7-19(8-2-16)25(28,29)30)32-24(34)23(22)18-5-11-21(27)12-6-18/h1-13H,14-15H2. The number of halogens is 5. The van der Waals surface area contributed by atoms with Crippen molar-refractivity contribution in [3.05, 3.63) is 105 Å². The summed E-state index contributed by atoms with van der Waals surface area (Å²) in [6, 6.07) is 20.1. The number of hydrogen-bond donors (Lipinski definition) is 0. The molecule has 0 spiro atoms. The largest absolute Gasteiger partial charge is 0.416 e. The van der Waals surface area contributed by atoms with Crippen molar-refractivity contribution in [1.82, 2.24) is 10.0 Å². The predicted octanol–water partition coefficient (Wildman–Crippen LogP) is 7.01. The van der Waals surface area contributed by atoms with Crippen molar-refractivity contribution in [2.45, 2.75) is 12.7 Å². The molecule has 2 heterocycles. The van der Waals surface area contributed by atoms with E-state index in [2.05, 4.69) is 5.10 Å². The van der Waals surface area contributed by atoms with Crippen LogP contribution in [0.1, 0.15) is 22.3 Å². The molecule has 3 aromatic rings. The van der Waals surface area contributed by atoms with Gasteiger partial charge < -0.3 is 0 Å². The molecule has 0 radical (unpaired) electrons. The molecule has 0 aromatic heterocycles. The first-order chi connectivity index (χ1) is 16.3. The highest BCUT2D eigenvalue weighted by Crippen LogP contribution is 2.35. The highest BCUT2D eigenvalue weighted by Gasteiger charge is 2.32. The Labute approximate surface area is 204 Å². The van der Waals surface area contributed by atoms with Gasteiger partial charge in [-0.1, -0.05) is 59.6 Å². The molecule has 0 saturated heterocycles. The maximum absolute atomic E-state index is 12.9. The minimum atomic E-state index is -4.36. The summed E-state index contributed by atoms with van der Waals surface area (Å²) in [7, 11) is 0. The van der Waals surface area contributed by atoms with Crippen molar-refractivity contribution < 1.29 is 13.2 Å². The summed E-state index contributed by atoms with van der Waals surface area (Å²) >= 11 is 12.2. The summed E-state index contributed by atoms with van der Waals surface area (Å²) < 4.78 is 38.6. The lowest BCUT2D eigenvalue weighted by Crippen LogP contribution is -2.29. The topological polar surface area (TPSA) is 31.2 Å².